The molecule has 156 valence electrons. The number of nitrogens with zero attached hydrogens (tertiary/aromatic N) is 1. The van der Waals surface area contributed by atoms with E-state index >= 15 is 0 Å². The Hall–Kier alpha value is -1.43. The highest BCUT2D eigenvalue weighted by molar-refractivity contribution is 5.88. The molecule has 4 rings (SSSR count). The number of oxime groups is 1. The van der Waals surface area contributed by atoms with Crippen LogP contribution in [0.15, 0.2) is 5.16 Å². The number of carbonyl (C=O) groups excluding carboxylic acids is 2. The van der Waals surface area contributed by atoms with Gasteiger partial charge in [0.2, 0.25) is 5.91 Å². The maximum absolute atomic E-state index is 12.6. The van der Waals surface area contributed by atoms with Crippen LogP contribution in [-0.2, 0) is 14.4 Å². The molecular weight excluding hydrogens is 354 g/mol. The Bertz CT molecular complexity index is 693. The van der Waals surface area contributed by atoms with Gasteiger partial charge in [-0.05, 0) is 74.0 Å². The molecule has 0 saturated heterocycles. The molecule has 4 N–H and O–H groups in total. The van der Waals surface area contributed by atoms with Crippen LogP contribution in [0.3, 0.4) is 0 Å². The number of nitrogens with two attached hydrogens (primary N) is 2. The van der Waals surface area contributed by atoms with Crippen molar-refractivity contribution in [3.63, 3.8) is 0 Å². The van der Waals surface area contributed by atoms with E-state index in [1.807, 2.05) is 0 Å². The Morgan fingerprint density at radius 2 is 1.96 bits per heavy atom. The molecule has 4 saturated carbocycles. The van der Waals surface area contributed by atoms with Crippen molar-refractivity contribution in [2.45, 2.75) is 65.2 Å². The predicted octanol–water partition coefficient (Wildman–Crippen LogP) is 2.64. The van der Waals surface area contributed by atoms with E-state index in [9.17, 15) is 9.59 Å². The average Bonchev–Trinajstić information content (AvgIpc) is 2.96. The second-order valence-electron chi connectivity index (χ2n) is 10.1. The van der Waals surface area contributed by atoms with Crippen LogP contribution in [-0.4, -0.2) is 30.6 Å². The minimum Gasteiger partial charge on any atom is -0.395 e. The number of Topliss-reactive ketones (excluding diaryl/α,β-unsaturated/α-hetero) is 1. The lowest BCUT2D eigenvalue weighted by molar-refractivity contribution is -0.150. The van der Waals surface area contributed by atoms with Crippen LogP contribution in [0.5, 0.6) is 0 Å². The number of rotatable bonds is 4. The minimum absolute atomic E-state index is 0.0858. The molecule has 6 heteroatoms. The van der Waals surface area contributed by atoms with Gasteiger partial charge in [-0.2, -0.15) is 0 Å². The maximum atomic E-state index is 12.6. The number of primary amides is 1. The third kappa shape index (κ3) is 2.90. The van der Waals surface area contributed by atoms with Crippen molar-refractivity contribution in [1.82, 2.24) is 0 Å². The fourth-order valence-electron chi connectivity index (χ4n) is 7.50. The first kappa shape index (κ1) is 19.9. The van der Waals surface area contributed by atoms with Crippen LogP contribution in [0.25, 0.3) is 0 Å². The average molecular weight is 390 g/mol. The van der Waals surface area contributed by atoms with Gasteiger partial charge in [0, 0.05) is 24.3 Å². The summed E-state index contributed by atoms with van der Waals surface area (Å²) in [7, 11) is 0. The molecule has 0 heterocycles. The summed E-state index contributed by atoms with van der Waals surface area (Å²) in [6.45, 7) is 5.42. The quantitative estimate of drug-likeness (QED) is 0.569. The van der Waals surface area contributed by atoms with E-state index in [0.29, 0.717) is 43.1 Å². The molecule has 0 aliphatic heterocycles. The summed E-state index contributed by atoms with van der Waals surface area (Å²) < 4.78 is 0. The van der Waals surface area contributed by atoms with Crippen molar-refractivity contribution in [3.8, 4) is 0 Å². The van der Waals surface area contributed by atoms with Gasteiger partial charge in [0.1, 0.15) is 12.4 Å². The van der Waals surface area contributed by atoms with Gasteiger partial charge >= 0.3 is 0 Å². The van der Waals surface area contributed by atoms with E-state index in [1.165, 1.54) is 0 Å². The monoisotopic (exact) mass is 389 g/mol. The van der Waals surface area contributed by atoms with E-state index in [1.54, 1.807) is 0 Å². The number of fused-ring (bicyclic) bond motifs is 5. The third-order valence-corrected chi connectivity index (χ3v) is 9.03. The van der Waals surface area contributed by atoms with Crippen LogP contribution in [0, 0.1) is 40.4 Å². The Kier molecular flexibility index (Phi) is 5.05. The summed E-state index contributed by atoms with van der Waals surface area (Å²) in [5, 5.41) is 4.31. The molecule has 0 aromatic carbocycles. The second kappa shape index (κ2) is 7.12. The van der Waals surface area contributed by atoms with E-state index in [2.05, 4.69) is 19.0 Å². The summed E-state index contributed by atoms with van der Waals surface area (Å²) in [4.78, 5) is 30.4. The van der Waals surface area contributed by atoms with Crippen LogP contribution in [0.4, 0.5) is 0 Å². The first-order valence-corrected chi connectivity index (χ1v) is 11.0. The summed E-state index contributed by atoms with van der Waals surface area (Å²) in [6, 6.07) is 0. The predicted molar refractivity (Wildman–Crippen MR) is 107 cm³/mol. The molecule has 1 unspecified atom stereocenters. The zero-order chi connectivity index (χ0) is 20.1. The lowest BCUT2D eigenvalue weighted by atomic mass is 9.43. The zero-order valence-corrected chi connectivity index (χ0v) is 17.3. The first-order chi connectivity index (χ1) is 13.3. The molecule has 6 nitrogen and oxygen atoms in total. The molecule has 4 aliphatic carbocycles. The van der Waals surface area contributed by atoms with E-state index in [-0.39, 0.29) is 28.6 Å². The molecule has 0 aromatic heterocycles. The number of carbonyl (C=O) groups is 2. The molecule has 0 radical (unpaired) electrons. The van der Waals surface area contributed by atoms with Gasteiger partial charge in [0.05, 0.1) is 5.71 Å². The fraction of sp³-hybridized carbons (Fsp3) is 0.864. The Morgan fingerprint density at radius 1 is 1.18 bits per heavy atom. The fourth-order valence-corrected chi connectivity index (χ4v) is 7.50. The van der Waals surface area contributed by atoms with Crippen LogP contribution < -0.4 is 11.5 Å². The van der Waals surface area contributed by atoms with E-state index < -0.39 is 0 Å². The largest absolute Gasteiger partial charge is 0.395 e. The normalized spacial score (nSPS) is 46.6. The molecule has 4 fully saturated rings. The summed E-state index contributed by atoms with van der Waals surface area (Å²) in [5.41, 5.74) is 12.4. The highest BCUT2D eigenvalue weighted by atomic mass is 16.6. The van der Waals surface area contributed by atoms with Crippen LogP contribution in [0.1, 0.15) is 65.2 Å². The number of ketones is 1. The molecule has 0 aromatic rings. The first-order valence-electron chi connectivity index (χ1n) is 11.0. The van der Waals surface area contributed by atoms with Crippen LogP contribution in [0.2, 0.25) is 0 Å². The topological polar surface area (TPSA) is 108 Å². The molecule has 28 heavy (non-hydrogen) atoms. The molecular formula is C22H35N3O3. The molecule has 4 aliphatic rings. The van der Waals surface area contributed by atoms with Gasteiger partial charge < -0.3 is 16.3 Å². The molecule has 0 bridgehead atoms. The summed E-state index contributed by atoms with van der Waals surface area (Å²) >= 11 is 0. The van der Waals surface area contributed by atoms with Crippen LogP contribution >= 0.6 is 0 Å². The smallest absolute Gasteiger partial charge is 0.220 e. The van der Waals surface area contributed by atoms with Crippen molar-refractivity contribution < 1.29 is 14.4 Å². The highest BCUT2D eigenvalue weighted by Crippen LogP contribution is 2.66. The minimum atomic E-state index is -0.185. The Labute approximate surface area is 167 Å². The maximum Gasteiger partial charge on any atom is 0.220 e. The SMILES string of the molecule is C[C@]12CC/C(=N/OCCN)CC1[C@@H](C(N)=O)C[C@@H]1[C@@H]2CC[C@]2(C)C(=O)CC[C@@H]12. The molecule has 0 spiro atoms. The van der Waals surface area contributed by atoms with Gasteiger partial charge in [-0.25, -0.2) is 0 Å². The van der Waals surface area contributed by atoms with E-state index in [0.717, 1.165) is 50.7 Å². The molecule has 7 atom stereocenters. The summed E-state index contributed by atoms with van der Waals surface area (Å²) in [6.07, 6.45) is 7.35. The van der Waals surface area contributed by atoms with Crippen molar-refractivity contribution in [2.24, 2.45) is 57.0 Å². The van der Waals surface area contributed by atoms with Crippen molar-refractivity contribution >= 4 is 17.4 Å². The van der Waals surface area contributed by atoms with Gasteiger partial charge in [-0.15, -0.1) is 0 Å². The number of hydrogen-bond acceptors (Lipinski definition) is 5. The van der Waals surface area contributed by atoms with Crippen molar-refractivity contribution in [1.29, 1.82) is 0 Å². The van der Waals surface area contributed by atoms with Gasteiger partial charge in [0.25, 0.3) is 0 Å². The second-order valence-corrected chi connectivity index (χ2v) is 10.1. The lowest BCUT2D eigenvalue weighted by Crippen LogP contribution is -2.58. The van der Waals surface area contributed by atoms with Gasteiger partial charge in [0.15, 0.2) is 0 Å². The van der Waals surface area contributed by atoms with Gasteiger partial charge in [-0.1, -0.05) is 19.0 Å². The van der Waals surface area contributed by atoms with E-state index in [4.69, 9.17) is 16.3 Å². The Balaban J connectivity index is 1.63. The summed E-state index contributed by atoms with van der Waals surface area (Å²) in [5.74, 6) is 1.77. The molecule has 1 amide bonds. The lowest BCUT2D eigenvalue weighted by Gasteiger charge is -2.61. The highest BCUT2D eigenvalue weighted by Gasteiger charge is 2.62. The standard InChI is InChI=1S/C22H35N3O3/c1-21-7-5-13(25-28-10-9-23)11-18(21)15(20(24)27)12-14-16-3-4-19(26)22(16,2)8-6-17(14)21/h14-18H,3-12,23H2,1-2H3,(H2,24,27)/b25-13-/t14-,15-,16-,17-,18?,21+,22-/m0/s1. The number of amides is 1. The third-order valence-electron chi connectivity index (χ3n) is 9.03. The Morgan fingerprint density at radius 3 is 2.68 bits per heavy atom. The zero-order valence-electron chi connectivity index (χ0n) is 17.3. The van der Waals surface area contributed by atoms with Crippen molar-refractivity contribution in [2.75, 3.05) is 13.2 Å². The van der Waals surface area contributed by atoms with Gasteiger partial charge in [-0.3, -0.25) is 9.59 Å². The number of hydrogen-bond donors (Lipinski definition) is 2. The van der Waals surface area contributed by atoms with Crippen molar-refractivity contribution in [3.05, 3.63) is 0 Å².